The van der Waals surface area contributed by atoms with Gasteiger partial charge >= 0.3 is 0 Å². The molecule has 3 aliphatic rings. The molecule has 1 aromatic carbocycles. The van der Waals surface area contributed by atoms with Crippen molar-refractivity contribution in [1.29, 1.82) is 0 Å². The smallest absolute Gasteiger partial charge is 0.274 e. The maximum atomic E-state index is 13.0. The molecule has 8 nitrogen and oxygen atoms in total. The topological polar surface area (TPSA) is 90.5 Å². The van der Waals surface area contributed by atoms with Gasteiger partial charge in [0.2, 0.25) is 5.91 Å². The zero-order chi connectivity index (χ0) is 22.6. The van der Waals surface area contributed by atoms with Gasteiger partial charge in [0.05, 0.1) is 5.69 Å². The van der Waals surface area contributed by atoms with E-state index in [4.69, 9.17) is 0 Å². The molecule has 1 saturated carbocycles. The van der Waals surface area contributed by atoms with Crippen LogP contribution in [0.25, 0.3) is 0 Å². The number of rotatable bonds is 6. The number of carbonyl (C=O) groups excluding carboxylic acids is 2. The van der Waals surface area contributed by atoms with E-state index in [1.54, 1.807) is 11.0 Å². The average molecular weight is 449 g/mol. The predicted molar refractivity (Wildman–Crippen MR) is 127 cm³/mol. The number of hydrogen-bond donors (Lipinski definition) is 2. The van der Waals surface area contributed by atoms with E-state index in [0.717, 1.165) is 58.2 Å². The molecule has 0 radical (unpaired) electrons. The van der Waals surface area contributed by atoms with E-state index in [1.807, 2.05) is 6.07 Å². The highest BCUT2D eigenvalue weighted by Gasteiger charge is 2.32. The van der Waals surface area contributed by atoms with Crippen molar-refractivity contribution in [2.75, 3.05) is 42.9 Å². The third-order valence-corrected chi connectivity index (χ3v) is 7.09. The summed E-state index contributed by atoms with van der Waals surface area (Å²) in [4.78, 5) is 29.9. The highest BCUT2D eigenvalue weighted by atomic mass is 16.2. The molecular weight excluding hydrogens is 416 g/mol. The lowest BCUT2D eigenvalue weighted by molar-refractivity contribution is -0.122. The van der Waals surface area contributed by atoms with Gasteiger partial charge in [0, 0.05) is 44.7 Å². The van der Waals surface area contributed by atoms with Crippen LogP contribution in [0, 0.1) is 5.92 Å². The predicted octanol–water partition coefficient (Wildman–Crippen LogP) is 2.47. The Balaban J connectivity index is 1.42. The molecule has 8 heteroatoms. The number of anilines is 2. The molecule has 5 rings (SSSR count). The van der Waals surface area contributed by atoms with Crippen molar-refractivity contribution in [3.8, 4) is 0 Å². The Morgan fingerprint density at radius 1 is 1.00 bits per heavy atom. The number of aromatic nitrogens is 2. The van der Waals surface area contributed by atoms with E-state index in [2.05, 4.69) is 50.0 Å². The van der Waals surface area contributed by atoms with Gasteiger partial charge in [0.1, 0.15) is 0 Å². The summed E-state index contributed by atoms with van der Waals surface area (Å²) in [6, 6.07) is 12.5. The third kappa shape index (κ3) is 4.85. The Bertz CT molecular complexity index is 988. The molecule has 3 fully saturated rings. The summed E-state index contributed by atoms with van der Waals surface area (Å²) in [5.41, 5.74) is 2.19. The van der Waals surface area contributed by atoms with Crippen LogP contribution in [0.2, 0.25) is 0 Å². The van der Waals surface area contributed by atoms with Gasteiger partial charge in [-0.2, -0.15) is 0 Å². The van der Waals surface area contributed by atoms with E-state index < -0.39 is 0 Å². The number of amides is 2. The summed E-state index contributed by atoms with van der Waals surface area (Å²) in [5.74, 6) is 0.627. The minimum Gasteiger partial charge on any atom is -0.350 e. The van der Waals surface area contributed by atoms with Crippen LogP contribution in [0.5, 0.6) is 0 Å². The second-order valence-corrected chi connectivity index (χ2v) is 9.31. The highest BCUT2D eigenvalue weighted by Crippen LogP contribution is 2.34. The summed E-state index contributed by atoms with van der Waals surface area (Å²) < 4.78 is 0. The molecule has 1 aromatic heterocycles. The zero-order valence-corrected chi connectivity index (χ0v) is 19.0. The van der Waals surface area contributed by atoms with Crippen LogP contribution in [-0.4, -0.2) is 65.7 Å². The fourth-order valence-corrected chi connectivity index (χ4v) is 4.94. The van der Waals surface area contributed by atoms with Crippen molar-refractivity contribution in [3.63, 3.8) is 0 Å². The molecule has 2 aliphatic heterocycles. The molecule has 1 atom stereocenters. The first kappa shape index (κ1) is 21.8. The number of carbonyl (C=O) groups is 2. The van der Waals surface area contributed by atoms with E-state index in [-0.39, 0.29) is 23.8 Å². The van der Waals surface area contributed by atoms with Crippen molar-refractivity contribution in [1.82, 2.24) is 20.4 Å². The van der Waals surface area contributed by atoms with Crippen LogP contribution < -0.4 is 15.5 Å². The van der Waals surface area contributed by atoms with Crippen molar-refractivity contribution in [2.24, 2.45) is 5.92 Å². The van der Waals surface area contributed by atoms with Gasteiger partial charge in [0.25, 0.3) is 5.91 Å². The maximum Gasteiger partial charge on any atom is 0.274 e. The lowest BCUT2D eigenvalue weighted by atomic mass is 9.85. The van der Waals surface area contributed by atoms with Crippen molar-refractivity contribution in [2.45, 2.75) is 44.6 Å². The first-order valence-electron chi connectivity index (χ1n) is 12.2. The van der Waals surface area contributed by atoms with E-state index in [1.165, 1.54) is 5.56 Å². The van der Waals surface area contributed by atoms with E-state index in [0.29, 0.717) is 30.3 Å². The quantitative estimate of drug-likeness (QED) is 0.706. The summed E-state index contributed by atoms with van der Waals surface area (Å²) in [7, 11) is 0. The van der Waals surface area contributed by atoms with Crippen LogP contribution >= 0.6 is 0 Å². The molecule has 3 heterocycles. The summed E-state index contributed by atoms with van der Waals surface area (Å²) in [6.07, 6.45) is 5.99. The van der Waals surface area contributed by atoms with Crippen molar-refractivity contribution < 1.29 is 9.59 Å². The monoisotopic (exact) mass is 448 g/mol. The lowest BCUT2D eigenvalue weighted by Crippen LogP contribution is -2.46. The van der Waals surface area contributed by atoms with Gasteiger partial charge in [-0.05, 0) is 43.7 Å². The van der Waals surface area contributed by atoms with Crippen LogP contribution in [0.3, 0.4) is 0 Å². The number of hydrogen-bond acceptors (Lipinski definition) is 6. The fourth-order valence-electron chi connectivity index (χ4n) is 4.94. The minimum absolute atomic E-state index is 0.0230. The number of nitrogens with zero attached hydrogens (tertiary/aromatic N) is 4. The first-order valence-corrected chi connectivity index (χ1v) is 12.2. The van der Waals surface area contributed by atoms with Crippen LogP contribution in [0.4, 0.5) is 11.5 Å². The number of nitrogens with one attached hydrogen (secondary N) is 2. The molecule has 2 N–H and O–H groups in total. The second-order valence-electron chi connectivity index (χ2n) is 9.31. The molecule has 1 unspecified atom stereocenters. The van der Waals surface area contributed by atoms with Crippen LogP contribution in [-0.2, 0) is 11.2 Å². The van der Waals surface area contributed by atoms with Gasteiger partial charge in [-0.25, -0.2) is 0 Å². The Morgan fingerprint density at radius 2 is 1.79 bits per heavy atom. The van der Waals surface area contributed by atoms with E-state index in [9.17, 15) is 9.59 Å². The molecule has 1 aliphatic carbocycles. The van der Waals surface area contributed by atoms with Crippen LogP contribution in [0.15, 0.2) is 36.4 Å². The molecule has 0 spiro atoms. The Kier molecular flexibility index (Phi) is 6.53. The second kappa shape index (κ2) is 9.87. The van der Waals surface area contributed by atoms with Gasteiger partial charge in [-0.15, -0.1) is 10.2 Å². The van der Waals surface area contributed by atoms with E-state index >= 15 is 0 Å². The summed E-state index contributed by atoms with van der Waals surface area (Å²) >= 11 is 0. The molecule has 174 valence electrons. The zero-order valence-electron chi connectivity index (χ0n) is 19.0. The molecule has 0 bridgehead atoms. The van der Waals surface area contributed by atoms with Crippen molar-refractivity contribution in [3.05, 3.63) is 47.7 Å². The van der Waals surface area contributed by atoms with Gasteiger partial charge in [-0.1, -0.05) is 36.8 Å². The summed E-state index contributed by atoms with van der Waals surface area (Å²) in [6.45, 7) is 3.72. The molecule has 33 heavy (non-hydrogen) atoms. The summed E-state index contributed by atoms with van der Waals surface area (Å²) in [5, 5.41) is 15.2. The lowest BCUT2D eigenvalue weighted by Gasteiger charge is -2.30. The van der Waals surface area contributed by atoms with Crippen LogP contribution in [0.1, 0.15) is 48.2 Å². The fraction of sp³-hybridized carbons (Fsp3) is 0.520. The average Bonchev–Trinajstić information content (AvgIpc) is 3.26. The highest BCUT2D eigenvalue weighted by molar-refractivity contribution is 5.98. The number of benzene rings is 1. The number of piperazine rings is 1. The normalized spacial score (nSPS) is 21.0. The largest absolute Gasteiger partial charge is 0.350 e. The first-order chi connectivity index (χ1) is 16.2. The Labute approximate surface area is 194 Å². The molecule has 2 saturated heterocycles. The molecule has 2 amide bonds. The SMILES string of the molecule is O=C(Nc1cc(C(=O)N2CCNCC2)nnc1N1CCCC1Cc1ccccc1)C1CCC1. The maximum absolute atomic E-state index is 13.0. The third-order valence-electron chi connectivity index (χ3n) is 7.09. The Hall–Kier alpha value is -3.00. The van der Waals surface area contributed by atoms with Gasteiger partial charge in [0.15, 0.2) is 11.5 Å². The molecular formula is C25H32N6O2. The Morgan fingerprint density at radius 3 is 2.52 bits per heavy atom. The van der Waals surface area contributed by atoms with Gasteiger partial charge < -0.3 is 20.4 Å². The molecule has 2 aromatic rings. The standard InChI is InChI=1S/C25H32N6O2/c32-24(19-8-4-9-19)27-21-17-22(25(33)30-14-11-26-12-15-30)28-29-23(21)31-13-5-10-20(31)16-18-6-2-1-3-7-18/h1-3,6-7,17,19-20,26H,4-5,8-16H2,(H,27,28,32). The minimum atomic E-state index is -0.128. The van der Waals surface area contributed by atoms with Crippen molar-refractivity contribution >= 4 is 23.3 Å². The van der Waals surface area contributed by atoms with Gasteiger partial charge in [-0.3, -0.25) is 9.59 Å².